The molecule has 0 saturated carbocycles. The lowest BCUT2D eigenvalue weighted by Gasteiger charge is -2.52. The number of hydrogen-bond acceptors (Lipinski definition) is 4. The number of piperazine rings is 1. The van der Waals surface area contributed by atoms with Gasteiger partial charge in [0.05, 0.1) is 0 Å². The molecule has 0 unspecified atom stereocenters. The molecule has 0 atom stereocenters. The molecule has 0 aliphatic carbocycles. The van der Waals surface area contributed by atoms with Crippen LogP contribution in [0.4, 0.5) is 0 Å². The van der Waals surface area contributed by atoms with Gasteiger partial charge in [0.15, 0.2) is 0 Å². The first-order chi connectivity index (χ1) is 15.2. The maximum absolute atomic E-state index is 13.7. The smallest absolute Gasteiger partial charge is 0.268 e. The first-order valence-corrected chi connectivity index (χ1v) is 11.7. The van der Waals surface area contributed by atoms with E-state index in [1.165, 1.54) is 5.56 Å². The maximum Gasteiger partial charge on any atom is 0.268 e. The van der Waals surface area contributed by atoms with Gasteiger partial charge in [-0.15, -0.1) is 0 Å². The Labute approximate surface area is 191 Å². The quantitative estimate of drug-likeness (QED) is 0.742. The van der Waals surface area contributed by atoms with Crippen molar-refractivity contribution in [3.8, 4) is 5.69 Å². The Morgan fingerprint density at radius 1 is 1.03 bits per heavy atom. The number of nitrogens with zero attached hydrogens (tertiary/aromatic N) is 4. The number of aromatic nitrogens is 1. The Hall–Kier alpha value is -2.44. The summed E-state index contributed by atoms with van der Waals surface area (Å²) < 4.78 is 1.62. The lowest BCUT2D eigenvalue weighted by Crippen LogP contribution is -2.65. The molecule has 2 aromatic rings. The standard InChI is InChI=1S/C26H36N4O2/c1-19(2)21-7-6-8-22(17-21)30-12-9-20(3)23(25(30)32)24(31)29-16-15-28(5)26(18-29)10-13-27(4)14-11-26/h6-9,12,17,19H,10-11,13-16,18H2,1-5H3. The molecule has 3 heterocycles. The molecule has 1 aromatic carbocycles. The van der Waals surface area contributed by atoms with Gasteiger partial charge < -0.3 is 9.80 Å². The van der Waals surface area contributed by atoms with E-state index in [0.717, 1.165) is 43.7 Å². The largest absolute Gasteiger partial charge is 0.335 e. The molecule has 2 aliphatic rings. The third-order valence-corrected chi connectivity index (χ3v) is 7.53. The summed E-state index contributed by atoms with van der Waals surface area (Å²) >= 11 is 0. The number of carbonyl (C=O) groups excluding carboxylic acids is 1. The van der Waals surface area contributed by atoms with Crippen LogP contribution in [0, 0.1) is 6.92 Å². The summed E-state index contributed by atoms with van der Waals surface area (Å²) in [6.45, 7) is 10.4. The molecule has 172 valence electrons. The predicted octanol–water partition coefficient (Wildman–Crippen LogP) is 3.12. The Balaban J connectivity index is 1.66. The van der Waals surface area contributed by atoms with Gasteiger partial charge in [-0.2, -0.15) is 0 Å². The number of likely N-dealkylation sites (N-methyl/N-ethyl adjacent to an activating group) is 1. The fourth-order valence-corrected chi connectivity index (χ4v) is 5.09. The van der Waals surface area contributed by atoms with Crippen molar-refractivity contribution in [2.75, 3.05) is 46.8 Å². The third kappa shape index (κ3) is 4.14. The van der Waals surface area contributed by atoms with Crippen LogP contribution in [0.5, 0.6) is 0 Å². The second kappa shape index (κ2) is 8.83. The van der Waals surface area contributed by atoms with Gasteiger partial charge in [0, 0.05) is 37.1 Å². The van der Waals surface area contributed by atoms with Gasteiger partial charge in [0.25, 0.3) is 11.5 Å². The summed E-state index contributed by atoms with van der Waals surface area (Å²) in [6.07, 6.45) is 3.88. The van der Waals surface area contributed by atoms with Crippen molar-refractivity contribution in [1.82, 2.24) is 19.3 Å². The maximum atomic E-state index is 13.7. The van der Waals surface area contributed by atoms with E-state index in [1.807, 2.05) is 36.1 Å². The number of hydrogen-bond donors (Lipinski definition) is 0. The SMILES string of the molecule is Cc1ccn(-c2cccc(C(C)C)c2)c(=O)c1C(=O)N1CCN(C)C2(CCN(C)CC2)C1. The van der Waals surface area contributed by atoms with Gasteiger partial charge in [-0.1, -0.05) is 26.0 Å². The highest BCUT2D eigenvalue weighted by Crippen LogP contribution is 2.31. The lowest BCUT2D eigenvalue weighted by atomic mass is 9.83. The normalized spacial score (nSPS) is 19.6. The fourth-order valence-electron chi connectivity index (χ4n) is 5.09. The highest BCUT2D eigenvalue weighted by atomic mass is 16.2. The number of carbonyl (C=O) groups is 1. The van der Waals surface area contributed by atoms with E-state index in [2.05, 4.69) is 43.8 Å². The number of rotatable bonds is 3. The summed E-state index contributed by atoms with van der Waals surface area (Å²) in [5, 5.41) is 0. The fraction of sp³-hybridized carbons (Fsp3) is 0.538. The second-order valence-corrected chi connectivity index (χ2v) is 9.97. The third-order valence-electron chi connectivity index (χ3n) is 7.53. The van der Waals surface area contributed by atoms with E-state index < -0.39 is 0 Å². The average Bonchev–Trinajstić information content (AvgIpc) is 2.77. The van der Waals surface area contributed by atoms with Crippen LogP contribution >= 0.6 is 0 Å². The lowest BCUT2D eigenvalue weighted by molar-refractivity contribution is -0.0171. The van der Waals surface area contributed by atoms with Crippen LogP contribution in [-0.4, -0.2) is 77.5 Å². The van der Waals surface area contributed by atoms with Crippen molar-refractivity contribution in [2.45, 2.75) is 45.1 Å². The van der Waals surface area contributed by atoms with Crippen LogP contribution in [0.2, 0.25) is 0 Å². The molecular formula is C26H36N4O2. The first-order valence-electron chi connectivity index (χ1n) is 11.7. The van der Waals surface area contributed by atoms with Crippen LogP contribution in [0.25, 0.3) is 5.69 Å². The average molecular weight is 437 g/mol. The number of aryl methyl sites for hydroxylation is 1. The Morgan fingerprint density at radius 2 is 1.75 bits per heavy atom. The van der Waals surface area contributed by atoms with Gasteiger partial charge in [-0.3, -0.25) is 19.1 Å². The summed E-state index contributed by atoms with van der Waals surface area (Å²) in [5.41, 5.74) is 2.80. The second-order valence-electron chi connectivity index (χ2n) is 9.97. The molecular weight excluding hydrogens is 400 g/mol. The van der Waals surface area contributed by atoms with E-state index in [9.17, 15) is 9.59 Å². The van der Waals surface area contributed by atoms with E-state index >= 15 is 0 Å². The number of amides is 1. The number of benzene rings is 1. The van der Waals surface area contributed by atoms with Gasteiger partial charge in [-0.05, 0) is 82.2 Å². The topological polar surface area (TPSA) is 48.8 Å². The monoisotopic (exact) mass is 436 g/mol. The molecule has 0 radical (unpaired) electrons. The van der Waals surface area contributed by atoms with Crippen LogP contribution in [0.3, 0.4) is 0 Å². The molecule has 6 nitrogen and oxygen atoms in total. The molecule has 1 spiro atoms. The summed E-state index contributed by atoms with van der Waals surface area (Å²) in [5.74, 6) is 0.238. The summed E-state index contributed by atoms with van der Waals surface area (Å²) in [7, 11) is 4.33. The minimum Gasteiger partial charge on any atom is -0.335 e. The van der Waals surface area contributed by atoms with Gasteiger partial charge in [-0.25, -0.2) is 0 Å². The van der Waals surface area contributed by atoms with E-state index in [4.69, 9.17) is 0 Å². The molecule has 2 saturated heterocycles. The Morgan fingerprint density at radius 3 is 2.44 bits per heavy atom. The number of likely N-dealkylation sites (tertiary alicyclic amines) is 1. The number of piperidine rings is 1. The Bertz CT molecular complexity index is 1050. The Kier molecular flexibility index (Phi) is 6.28. The van der Waals surface area contributed by atoms with Crippen molar-refractivity contribution in [1.29, 1.82) is 0 Å². The van der Waals surface area contributed by atoms with E-state index in [1.54, 1.807) is 10.8 Å². The van der Waals surface area contributed by atoms with Crippen LogP contribution in [0.1, 0.15) is 54.1 Å². The van der Waals surface area contributed by atoms with Crippen molar-refractivity contribution >= 4 is 5.91 Å². The van der Waals surface area contributed by atoms with Gasteiger partial charge in [0.2, 0.25) is 0 Å². The molecule has 1 amide bonds. The van der Waals surface area contributed by atoms with Crippen molar-refractivity contribution in [2.24, 2.45) is 0 Å². The van der Waals surface area contributed by atoms with Crippen LogP contribution in [0.15, 0.2) is 41.3 Å². The first kappa shape index (κ1) is 22.7. The van der Waals surface area contributed by atoms with Crippen LogP contribution < -0.4 is 5.56 Å². The molecule has 32 heavy (non-hydrogen) atoms. The highest BCUT2D eigenvalue weighted by molar-refractivity contribution is 5.95. The molecule has 6 heteroatoms. The molecule has 0 N–H and O–H groups in total. The van der Waals surface area contributed by atoms with Crippen molar-refractivity contribution in [3.05, 3.63) is 63.6 Å². The molecule has 2 aliphatic heterocycles. The van der Waals surface area contributed by atoms with Crippen molar-refractivity contribution < 1.29 is 4.79 Å². The van der Waals surface area contributed by atoms with E-state index in [0.29, 0.717) is 24.6 Å². The van der Waals surface area contributed by atoms with E-state index in [-0.39, 0.29) is 17.0 Å². The molecule has 1 aromatic heterocycles. The zero-order valence-corrected chi connectivity index (χ0v) is 20.1. The number of pyridine rings is 1. The van der Waals surface area contributed by atoms with Crippen LogP contribution in [-0.2, 0) is 0 Å². The minimum absolute atomic E-state index is 0.00766. The summed E-state index contributed by atoms with van der Waals surface area (Å²) in [4.78, 5) is 33.9. The zero-order valence-electron chi connectivity index (χ0n) is 20.1. The minimum atomic E-state index is -0.229. The highest BCUT2D eigenvalue weighted by Gasteiger charge is 2.43. The van der Waals surface area contributed by atoms with Gasteiger partial charge in [0.1, 0.15) is 5.56 Å². The molecule has 4 rings (SSSR count). The summed E-state index contributed by atoms with van der Waals surface area (Å²) in [6, 6.07) is 9.91. The predicted molar refractivity (Wildman–Crippen MR) is 129 cm³/mol. The zero-order chi connectivity index (χ0) is 23.0. The van der Waals surface area contributed by atoms with Crippen molar-refractivity contribution in [3.63, 3.8) is 0 Å². The van der Waals surface area contributed by atoms with Gasteiger partial charge >= 0.3 is 0 Å². The molecule has 0 bridgehead atoms. The molecule has 2 fully saturated rings.